The van der Waals surface area contributed by atoms with E-state index in [9.17, 15) is 0 Å². The van der Waals surface area contributed by atoms with Crippen molar-refractivity contribution >= 4 is 12.4 Å². The molecule has 1 fully saturated rings. The highest BCUT2D eigenvalue weighted by Gasteiger charge is 2.19. The molecule has 0 aromatic carbocycles. The quantitative estimate of drug-likeness (QED) is 0.863. The van der Waals surface area contributed by atoms with Crippen LogP contribution in [-0.4, -0.2) is 46.6 Å². The van der Waals surface area contributed by atoms with E-state index in [0.29, 0.717) is 0 Å². The van der Waals surface area contributed by atoms with Crippen LogP contribution in [0.25, 0.3) is 0 Å². The van der Waals surface area contributed by atoms with E-state index in [0.717, 1.165) is 24.7 Å². The number of piperidine rings is 1. The highest BCUT2D eigenvalue weighted by atomic mass is 35.5. The Balaban J connectivity index is 0.00000144. The fraction of sp³-hybridized carbons (Fsp3) is 0.818. The summed E-state index contributed by atoms with van der Waals surface area (Å²) in [7, 11) is 3.95. The second-order valence-corrected chi connectivity index (χ2v) is 4.66. The molecule has 0 amide bonds. The molecule has 6 heteroatoms. The number of halogens is 1. The molecule has 17 heavy (non-hydrogen) atoms. The van der Waals surface area contributed by atoms with Crippen molar-refractivity contribution in [2.24, 2.45) is 13.0 Å². The van der Waals surface area contributed by atoms with Gasteiger partial charge in [-0.3, -0.25) is 9.58 Å². The highest BCUT2D eigenvalue weighted by molar-refractivity contribution is 5.85. The zero-order valence-electron chi connectivity index (χ0n) is 10.6. The number of hydrogen-bond acceptors (Lipinski definition) is 4. The van der Waals surface area contributed by atoms with Gasteiger partial charge in [0.15, 0.2) is 0 Å². The van der Waals surface area contributed by atoms with E-state index in [1.807, 2.05) is 20.3 Å². The number of aryl methyl sites for hydroxylation is 1. The van der Waals surface area contributed by atoms with Crippen molar-refractivity contribution in [1.82, 2.24) is 25.2 Å². The molecule has 0 bridgehead atoms. The van der Waals surface area contributed by atoms with E-state index in [-0.39, 0.29) is 12.4 Å². The van der Waals surface area contributed by atoms with E-state index in [1.165, 1.54) is 25.9 Å². The third-order valence-corrected chi connectivity index (χ3v) is 3.24. The number of nitrogens with one attached hydrogen (secondary N) is 1. The van der Waals surface area contributed by atoms with Crippen molar-refractivity contribution in [2.75, 3.05) is 26.7 Å². The molecule has 0 radical (unpaired) electrons. The molecule has 1 saturated heterocycles. The molecule has 2 rings (SSSR count). The molecule has 2 heterocycles. The SMILES string of the molecule is CNCC1CCN(Cc2cn(C)nn2)CC1.Cl. The van der Waals surface area contributed by atoms with Gasteiger partial charge in [-0.15, -0.1) is 17.5 Å². The maximum Gasteiger partial charge on any atom is 0.0966 e. The van der Waals surface area contributed by atoms with Gasteiger partial charge in [0, 0.05) is 19.8 Å². The molecule has 0 spiro atoms. The lowest BCUT2D eigenvalue weighted by molar-refractivity contribution is 0.175. The Bertz CT molecular complexity index is 319. The summed E-state index contributed by atoms with van der Waals surface area (Å²) in [5.74, 6) is 0.850. The number of rotatable bonds is 4. The van der Waals surface area contributed by atoms with Crippen LogP contribution in [0.15, 0.2) is 6.20 Å². The minimum Gasteiger partial charge on any atom is -0.319 e. The third kappa shape index (κ3) is 4.26. The lowest BCUT2D eigenvalue weighted by atomic mass is 9.97. The molecule has 0 unspecified atom stereocenters. The number of hydrogen-bond donors (Lipinski definition) is 1. The molecular weight excluding hydrogens is 238 g/mol. The Morgan fingerprint density at radius 1 is 1.41 bits per heavy atom. The van der Waals surface area contributed by atoms with Crippen molar-refractivity contribution in [3.05, 3.63) is 11.9 Å². The largest absolute Gasteiger partial charge is 0.319 e. The minimum atomic E-state index is 0. The first-order valence-corrected chi connectivity index (χ1v) is 6.00. The van der Waals surface area contributed by atoms with Gasteiger partial charge >= 0.3 is 0 Å². The van der Waals surface area contributed by atoms with Crippen LogP contribution < -0.4 is 5.32 Å². The summed E-state index contributed by atoms with van der Waals surface area (Å²) in [5.41, 5.74) is 1.08. The van der Waals surface area contributed by atoms with Crippen molar-refractivity contribution in [3.8, 4) is 0 Å². The highest BCUT2D eigenvalue weighted by Crippen LogP contribution is 2.17. The Morgan fingerprint density at radius 2 is 2.12 bits per heavy atom. The van der Waals surface area contributed by atoms with Crippen molar-refractivity contribution in [1.29, 1.82) is 0 Å². The van der Waals surface area contributed by atoms with Crippen LogP contribution in [0.4, 0.5) is 0 Å². The van der Waals surface area contributed by atoms with E-state index >= 15 is 0 Å². The van der Waals surface area contributed by atoms with Gasteiger partial charge in [0.1, 0.15) is 0 Å². The van der Waals surface area contributed by atoms with E-state index in [4.69, 9.17) is 0 Å². The fourth-order valence-corrected chi connectivity index (χ4v) is 2.33. The predicted octanol–water partition coefficient (Wildman–Crippen LogP) is 0.668. The molecular formula is C11H22ClN5. The normalized spacial score (nSPS) is 18.0. The van der Waals surface area contributed by atoms with E-state index in [2.05, 4.69) is 20.5 Å². The van der Waals surface area contributed by atoms with Crippen LogP contribution in [-0.2, 0) is 13.6 Å². The Labute approximate surface area is 109 Å². The first kappa shape index (κ1) is 14.4. The summed E-state index contributed by atoms with van der Waals surface area (Å²) >= 11 is 0. The van der Waals surface area contributed by atoms with Crippen LogP contribution in [0.5, 0.6) is 0 Å². The van der Waals surface area contributed by atoms with Crippen LogP contribution in [0.1, 0.15) is 18.5 Å². The third-order valence-electron chi connectivity index (χ3n) is 3.24. The summed E-state index contributed by atoms with van der Waals surface area (Å²) in [4.78, 5) is 2.47. The van der Waals surface area contributed by atoms with Gasteiger partial charge in [-0.25, -0.2) is 0 Å². The summed E-state index contributed by atoms with van der Waals surface area (Å²) in [5, 5.41) is 11.3. The first-order valence-electron chi connectivity index (χ1n) is 6.00. The molecule has 0 atom stereocenters. The van der Waals surface area contributed by atoms with E-state index < -0.39 is 0 Å². The predicted molar refractivity (Wildman–Crippen MR) is 70.2 cm³/mol. The van der Waals surface area contributed by atoms with Crippen molar-refractivity contribution in [3.63, 3.8) is 0 Å². The second kappa shape index (κ2) is 6.93. The molecule has 1 aliphatic rings. The zero-order chi connectivity index (χ0) is 11.4. The maximum absolute atomic E-state index is 4.12. The number of aromatic nitrogens is 3. The van der Waals surface area contributed by atoms with Gasteiger partial charge in [0.05, 0.1) is 5.69 Å². The molecule has 1 aromatic heterocycles. The van der Waals surface area contributed by atoms with Gasteiger partial charge in [-0.2, -0.15) is 0 Å². The summed E-state index contributed by atoms with van der Waals surface area (Å²) in [6.07, 6.45) is 4.59. The summed E-state index contributed by atoms with van der Waals surface area (Å²) in [6, 6.07) is 0. The van der Waals surface area contributed by atoms with Gasteiger partial charge in [-0.1, -0.05) is 5.21 Å². The fourth-order valence-electron chi connectivity index (χ4n) is 2.33. The Hall–Kier alpha value is -0.650. The Kier molecular flexibility index (Phi) is 5.88. The monoisotopic (exact) mass is 259 g/mol. The molecule has 0 saturated carbocycles. The first-order chi connectivity index (χ1) is 7.78. The van der Waals surface area contributed by atoms with Crippen LogP contribution in [0.2, 0.25) is 0 Å². The standard InChI is InChI=1S/C11H21N5.ClH/c1-12-7-10-3-5-16(6-4-10)9-11-8-15(2)14-13-11;/h8,10,12H,3-7,9H2,1-2H3;1H. The molecule has 5 nitrogen and oxygen atoms in total. The van der Waals surface area contributed by atoms with Crippen molar-refractivity contribution < 1.29 is 0 Å². The zero-order valence-corrected chi connectivity index (χ0v) is 11.4. The van der Waals surface area contributed by atoms with Gasteiger partial charge in [0.25, 0.3) is 0 Å². The van der Waals surface area contributed by atoms with Gasteiger partial charge in [0.2, 0.25) is 0 Å². The molecule has 1 N–H and O–H groups in total. The minimum absolute atomic E-state index is 0. The number of likely N-dealkylation sites (tertiary alicyclic amines) is 1. The smallest absolute Gasteiger partial charge is 0.0966 e. The van der Waals surface area contributed by atoms with Gasteiger partial charge < -0.3 is 5.32 Å². The molecule has 98 valence electrons. The van der Waals surface area contributed by atoms with Crippen LogP contribution in [0.3, 0.4) is 0 Å². The molecule has 1 aromatic rings. The molecule has 1 aliphatic heterocycles. The van der Waals surface area contributed by atoms with Gasteiger partial charge in [-0.05, 0) is 45.4 Å². The van der Waals surface area contributed by atoms with Crippen molar-refractivity contribution in [2.45, 2.75) is 19.4 Å². The topological polar surface area (TPSA) is 46.0 Å². The average molecular weight is 260 g/mol. The molecule has 0 aliphatic carbocycles. The summed E-state index contributed by atoms with van der Waals surface area (Å²) < 4.78 is 1.77. The lowest BCUT2D eigenvalue weighted by Gasteiger charge is -2.31. The maximum atomic E-state index is 4.12. The average Bonchev–Trinajstić information content (AvgIpc) is 2.67. The van der Waals surface area contributed by atoms with E-state index in [1.54, 1.807) is 4.68 Å². The Morgan fingerprint density at radius 3 is 2.65 bits per heavy atom. The lowest BCUT2D eigenvalue weighted by Crippen LogP contribution is -2.36. The van der Waals surface area contributed by atoms with Crippen LogP contribution in [0, 0.1) is 5.92 Å². The summed E-state index contributed by atoms with van der Waals surface area (Å²) in [6.45, 7) is 4.46. The second-order valence-electron chi connectivity index (χ2n) is 4.66. The van der Waals surface area contributed by atoms with Crippen LogP contribution >= 0.6 is 12.4 Å². The number of nitrogens with zero attached hydrogens (tertiary/aromatic N) is 4.